The number of para-hydroxylation sites is 1. The van der Waals surface area contributed by atoms with Crippen LogP contribution in [0.4, 0.5) is 5.69 Å². The van der Waals surface area contributed by atoms with E-state index >= 15 is 0 Å². The fourth-order valence-corrected chi connectivity index (χ4v) is 1.91. The van der Waals surface area contributed by atoms with Gasteiger partial charge in [0.15, 0.2) is 0 Å². The average Bonchev–Trinajstić information content (AvgIpc) is 2.48. The Balaban J connectivity index is 2.22. The molecule has 2 aromatic rings. The molecular weight excluding hydrogens is 332 g/mol. The molecule has 21 heavy (non-hydrogen) atoms. The summed E-state index contributed by atoms with van der Waals surface area (Å²) in [5.41, 5.74) is 0.918. The molecule has 4 nitrogen and oxygen atoms in total. The maximum absolute atomic E-state index is 12.0. The second kappa shape index (κ2) is 6.73. The van der Waals surface area contributed by atoms with Crippen LogP contribution >= 0.6 is 15.9 Å². The summed E-state index contributed by atoms with van der Waals surface area (Å²) in [6, 6.07) is 15.3. The Labute approximate surface area is 130 Å². The fraction of sp³-hybridized carbons (Fsp3) is 0. The van der Waals surface area contributed by atoms with Crippen molar-refractivity contribution in [2.24, 2.45) is 0 Å². The maximum Gasteiger partial charge on any atom is 0.266 e. The highest BCUT2D eigenvalue weighted by Gasteiger charge is 2.10. The first-order chi connectivity index (χ1) is 10.1. The van der Waals surface area contributed by atoms with E-state index < -0.39 is 5.91 Å². The van der Waals surface area contributed by atoms with Crippen molar-refractivity contribution in [2.45, 2.75) is 0 Å². The molecule has 0 spiro atoms. The van der Waals surface area contributed by atoms with Crippen molar-refractivity contribution in [2.75, 3.05) is 5.32 Å². The lowest BCUT2D eigenvalue weighted by atomic mass is 10.1. The number of hydrogen-bond acceptors (Lipinski definition) is 3. The number of carbonyl (C=O) groups excluding carboxylic acids is 1. The molecule has 1 amide bonds. The zero-order chi connectivity index (χ0) is 15.2. The van der Waals surface area contributed by atoms with E-state index in [2.05, 4.69) is 21.2 Å². The molecule has 0 unspecified atom stereocenters. The van der Waals surface area contributed by atoms with Gasteiger partial charge in [0.25, 0.3) is 5.91 Å². The Kier molecular flexibility index (Phi) is 4.75. The van der Waals surface area contributed by atoms with Crippen molar-refractivity contribution in [1.29, 1.82) is 5.26 Å². The molecule has 2 rings (SSSR count). The molecule has 0 heterocycles. The van der Waals surface area contributed by atoms with Crippen LogP contribution in [0.25, 0.3) is 6.08 Å². The number of anilines is 1. The van der Waals surface area contributed by atoms with Gasteiger partial charge in [0.05, 0.1) is 0 Å². The van der Waals surface area contributed by atoms with Crippen LogP contribution in [0.5, 0.6) is 5.75 Å². The van der Waals surface area contributed by atoms with Crippen molar-refractivity contribution in [3.05, 3.63) is 64.1 Å². The number of amides is 1. The van der Waals surface area contributed by atoms with Gasteiger partial charge in [-0.3, -0.25) is 4.79 Å². The van der Waals surface area contributed by atoms with Gasteiger partial charge in [-0.05, 0) is 36.4 Å². The average molecular weight is 343 g/mol. The van der Waals surface area contributed by atoms with E-state index in [1.54, 1.807) is 42.5 Å². The van der Waals surface area contributed by atoms with E-state index in [0.717, 1.165) is 4.47 Å². The Bertz CT molecular complexity index is 731. The van der Waals surface area contributed by atoms with Gasteiger partial charge in [0.1, 0.15) is 17.4 Å². The third-order valence-corrected chi connectivity index (χ3v) is 3.23. The van der Waals surface area contributed by atoms with Gasteiger partial charge in [-0.2, -0.15) is 5.26 Å². The molecule has 2 aromatic carbocycles. The van der Waals surface area contributed by atoms with Crippen LogP contribution < -0.4 is 5.32 Å². The zero-order valence-electron chi connectivity index (χ0n) is 10.9. The van der Waals surface area contributed by atoms with Crippen molar-refractivity contribution < 1.29 is 9.90 Å². The van der Waals surface area contributed by atoms with Crippen molar-refractivity contribution in [3.8, 4) is 11.8 Å². The highest BCUT2D eigenvalue weighted by atomic mass is 79.9. The lowest BCUT2D eigenvalue weighted by molar-refractivity contribution is -0.112. The van der Waals surface area contributed by atoms with Crippen LogP contribution in [0.15, 0.2) is 58.6 Å². The predicted octanol–water partition coefficient (Wildman–Crippen LogP) is 3.70. The maximum atomic E-state index is 12.0. The molecule has 0 saturated carbocycles. The van der Waals surface area contributed by atoms with Gasteiger partial charge in [-0.1, -0.05) is 34.1 Å². The van der Waals surface area contributed by atoms with Crippen molar-refractivity contribution in [3.63, 3.8) is 0 Å². The van der Waals surface area contributed by atoms with Gasteiger partial charge < -0.3 is 10.4 Å². The molecule has 0 aliphatic carbocycles. The SMILES string of the molecule is N#C/C(=C/c1ccccc1O)C(=O)Nc1ccc(Br)cc1. The topological polar surface area (TPSA) is 73.1 Å². The van der Waals surface area contributed by atoms with E-state index in [1.165, 1.54) is 12.1 Å². The van der Waals surface area contributed by atoms with Crippen LogP contribution in [0.1, 0.15) is 5.56 Å². The Hall–Kier alpha value is -2.58. The first-order valence-electron chi connectivity index (χ1n) is 6.07. The van der Waals surface area contributed by atoms with E-state index in [9.17, 15) is 9.90 Å². The molecular formula is C16H11BrN2O2. The van der Waals surface area contributed by atoms with Crippen LogP contribution in [-0.4, -0.2) is 11.0 Å². The third kappa shape index (κ3) is 3.94. The number of rotatable bonds is 3. The highest BCUT2D eigenvalue weighted by Crippen LogP contribution is 2.20. The summed E-state index contributed by atoms with van der Waals surface area (Å²) in [7, 11) is 0. The minimum atomic E-state index is -0.525. The quantitative estimate of drug-likeness (QED) is 0.659. The summed E-state index contributed by atoms with van der Waals surface area (Å²) in [4.78, 5) is 12.0. The highest BCUT2D eigenvalue weighted by molar-refractivity contribution is 9.10. The third-order valence-electron chi connectivity index (χ3n) is 2.70. The van der Waals surface area contributed by atoms with E-state index in [1.807, 2.05) is 6.07 Å². The number of halogens is 1. The summed E-state index contributed by atoms with van der Waals surface area (Å²) in [6.45, 7) is 0. The summed E-state index contributed by atoms with van der Waals surface area (Å²) in [6.07, 6.45) is 1.35. The molecule has 5 heteroatoms. The minimum absolute atomic E-state index is 0.0155. The smallest absolute Gasteiger partial charge is 0.266 e. The van der Waals surface area contributed by atoms with Crippen molar-refractivity contribution in [1.82, 2.24) is 0 Å². The monoisotopic (exact) mass is 342 g/mol. The second-order valence-electron chi connectivity index (χ2n) is 4.19. The van der Waals surface area contributed by atoms with Gasteiger partial charge in [0.2, 0.25) is 0 Å². The number of phenols is 1. The number of nitrogens with zero attached hydrogens (tertiary/aromatic N) is 1. The number of carbonyl (C=O) groups is 1. The molecule has 0 atom stereocenters. The lowest BCUT2D eigenvalue weighted by Gasteiger charge is -2.05. The molecule has 0 fully saturated rings. The number of nitriles is 1. The van der Waals surface area contributed by atoms with Crippen molar-refractivity contribution >= 4 is 33.6 Å². The standard InChI is InChI=1S/C16H11BrN2O2/c17-13-5-7-14(8-6-13)19-16(21)12(10-18)9-11-3-1-2-4-15(11)20/h1-9,20H,(H,19,21)/b12-9-. The van der Waals surface area contributed by atoms with Gasteiger partial charge in [0, 0.05) is 15.7 Å². The lowest BCUT2D eigenvalue weighted by Crippen LogP contribution is -2.13. The summed E-state index contributed by atoms with van der Waals surface area (Å²) < 4.78 is 0.894. The Morgan fingerprint density at radius 1 is 1.19 bits per heavy atom. The number of nitrogens with one attached hydrogen (secondary N) is 1. The molecule has 0 aromatic heterocycles. The Morgan fingerprint density at radius 2 is 1.86 bits per heavy atom. The molecule has 0 aliphatic heterocycles. The number of hydrogen-bond donors (Lipinski definition) is 2. The fourth-order valence-electron chi connectivity index (χ4n) is 1.65. The van der Waals surface area contributed by atoms with E-state index in [-0.39, 0.29) is 11.3 Å². The first-order valence-corrected chi connectivity index (χ1v) is 6.86. The van der Waals surface area contributed by atoms with Gasteiger partial charge in [-0.25, -0.2) is 0 Å². The molecule has 0 aliphatic rings. The molecule has 0 radical (unpaired) electrons. The van der Waals surface area contributed by atoms with Crippen LogP contribution in [0, 0.1) is 11.3 Å². The van der Waals surface area contributed by atoms with Gasteiger partial charge in [-0.15, -0.1) is 0 Å². The molecule has 2 N–H and O–H groups in total. The summed E-state index contributed by atoms with van der Waals surface area (Å²) in [5, 5.41) is 21.4. The number of phenolic OH excluding ortho intramolecular Hbond substituents is 1. The molecule has 0 bridgehead atoms. The Morgan fingerprint density at radius 3 is 2.48 bits per heavy atom. The normalized spacial score (nSPS) is 10.8. The second-order valence-corrected chi connectivity index (χ2v) is 5.11. The zero-order valence-corrected chi connectivity index (χ0v) is 12.5. The predicted molar refractivity (Wildman–Crippen MR) is 84.5 cm³/mol. The summed E-state index contributed by atoms with van der Waals surface area (Å²) in [5.74, 6) is -0.509. The first kappa shape index (κ1) is 14.8. The minimum Gasteiger partial charge on any atom is -0.507 e. The van der Waals surface area contributed by atoms with Crippen LogP contribution in [-0.2, 0) is 4.79 Å². The van der Waals surface area contributed by atoms with E-state index in [4.69, 9.17) is 5.26 Å². The number of aromatic hydroxyl groups is 1. The van der Waals surface area contributed by atoms with E-state index in [0.29, 0.717) is 11.3 Å². The summed E-state index contributed by atoms with van der Waals surface area (Å²) >= 11 is 3.30. The molecule has 0 saturated heterocycles. The largest absolute Gasteiger partial charge is 0.507 e. The molecule has 104 valence electrons. The van der Waals surface area contributed by atoms with Crippen LogP contribution in [0.3, 0.4) is 0 Å². The number of benzene rings is 2. The van der Waals surface area contributed by atoms with Gasteiger partial charge >= 0.3 is 0 Å². The van der Waals surface area contributed by atoms with Crippen LogP contribution in [0.2, 0.25) is 0 Å².